The molecule has 0 aromatic heterocycles. The van der Waals surface area contributed by atoms with Crippen LogP contribution in [0.25, 0.3) is 0 Å². The molecule has 0 atom stereocenters. The Balaban J connectivity index is 2.62. The fourth-order valence-corrected chi connectivity index (χ4v) is 1.60. The van der Waals surface area contributed by atoms with Crippen LogP contribution in [0, 0.1) is 10.1 Å². The van der Waals surface area contributed by atoms with Crippen molar-refractivity contribution in [3.8, 4) is 5.75 Å². The number of nitrogens with zero attached hydrogens (tertiary/aromatic N) is 1. The van der Waals surface area contributed by atoms with Crippen LogP contribution in [0.1, 0.15) is 32.3 Å². The predicted octanol–water partition coefficient (Wildman–Crippen LogP) is 3.30. The summed E-state index contributed by atoms with van der Waals surface area (Å²) in [6, 6.07) is 3.58. The minimum atomic E-state index is -2.81. The number of benzene rings is 1. The molecule has 0 saturated carbocycles. The Morgan fingerprint density at radius 1 is 1.40 bits per heavy atom. The Hall–Kier alpha value is -1.76. The number of nitrogens with one attached hydrogen (secondary N) is 1. The van der Waals surface area contributed by atoms with Gasteiger partial charge in [0, 0.05) is 18.2 Å². The van der Waals surface area contributed by atoms with Crippen molar-refractivity contribution >= 4 is 5.69 Å². The highest BCUT2D eigenvalue weighted by Gasteiger charge is 2.18. The van der Waals surface area contributed by atoms with Crippen molar-refractivity contribution < 1.29 is 18.4 Å². The van der Waals surface area contributed by atoms with E-state index in [1.807, 2.05) is 13.8 Å². The Morgan fingerprint density at radius 3 is 2.65 bits per heavy atom. The maximum atomic E-state index is 12.8. The SMILES string of the molecule is CC(C)NCCCOc1ccc([N+](=O)[O-])cc1C(F)F. The molecule has 5 nitrogen and oxygen atoms in total. The lowest BCUT2D eigenvalue weighted by molar-refractivity contribution is -0.385. The van der Waals surface area contributed by atoms with Crippen LogP contribution in [0.15, 0.2) is 18.2 Å². The fraction of sp³-hybridized carbons (Fsp3) is 0.538. The number of rotatable bonds is 8. The van der Waals surface area contributed by atoms with Crippen molar-refractivity contribution in [2.24, 2.45) is 0 Å². The Labute approximate surface area is 116 Å². The summed E-state index contributed by atoms with van der Waals surface area (Å²) in [5, 5.41) is 13.7. The van der Waals surface area contributed by atoms with Crippen LogP contribution in [-0.4, -0.2) is 24.1 Å². The number of ether oxygens (including phenoxy) is 1. The Kier molecular flexibility index (Phi) is 6.30. The minimum Gasteiger partial charge on any atom is -0.493 e. The quantitative estimate of drug-likeness (QED) is 0.453. The fourth-order valence-electron chi connectivity index (χ4n) is 1.60. The number of hydrogen-bond acceptors (Lipinski definition) is 4. The van der Waals surface area contributed by atoms with E-state index in [1.165, 1.54) is 6.07 Å². The Bertz CT molecular complexity index is 453. The van der Waals surface area contributed by atoms with E-state index in [4.69, 9.17) is 4.74 Å². The summed E-state index contributed by atoms with van der Waals surface area (Å²) in [7, 11) is 0. The van der Waals surface area contributed by atoms with Crippen molar-refractivity contribution in [1.29, 1.82) is 0 Å². The first-order valence-electron chi connectivity index (χ1n) is 6.34. The van der Waals surface area contributed by atoms with Crippen LogP contribution in [0.2, 0.25) is 0 Å². The van der Waals surface area contributed by atoms with Gasteiger partial charge in [0.1, 0.15) is 5.75 Å². The molecule has 0 amide bonds. The molecule has 0 saturated heterocycles. The molecule has 0 aliphatic heterocycles. The van der Waals surface area contributed by atoms with Crippen LogP contribution < -0.4 is 10.1 Å². The monoisotopic (exact) mass is 288 g/mol. The van der Waals surface area contributed by atoms with Gasteiger partial charge >= 0.3 is 0 Å². The van der Waals surface area contributed by atoms with Gasteiger partial charge in [-0.15, -0.1) is 0 Å². The maximum absolute atomic E-state index is 12.8. The molecule has 0 bridgehead atoms. The van der Waals surface area contributed by atoms with Crippen LogP contribution in [0.5, 0.6) is 5.75 Å². The van der Waals surface area contributed by atoms with Crippen LogP contribution in [0.4, 0.5) is 14.5 Å². The first-order chi connectivity index (χ1) is 9.41. The highest BCUT2D eigenvalue weighted by atomic mass is 19.3. The van der Waals surface area contributed by atoms with Gasteiger partial charge in [-0.2, -0.15) is 0 Å². The third-order valence-electron chi connectivity index (χ3n) is 2.57. The largest absolute Gasteiger partial charge is 0.493 e. The molecule has 1 N–H and O–H groups in total. The van der Waals surface area contributed by atoms with Crippen molar-refractivity contribution in [2.45, 2.75) is 32.7 Å². The molecule has 1 aromatic carbocycles. The van der Waals surface area contributed by atoms with E-state index in [-0.39, 0.29) is 18.0 Å². The zero-order valence-electron chi connectivity index (χ0n) is 11.4. The first-order valence-corrected chi connectivity index (χ1v) is 6.34. The second kappa shape index (κ2) is 7.74. The standard InChI is InChI=1S/C13H18F2N2O3/c1-9(2)16-6-3-7-20-12-5-4-10(17(18)19)8-11(12)13(14)15/h4-5,8-9,13,16H,3,6-7H2,1-2H3. The van der Waals surface area contributed by atoms with Gasteiger partial charge in [0.05, 0.1) is 17.1 Å². The summed E-state index contributed by atoms with van der Waals surface area (Å²) in [5.74, 6) is -0.00449. The van der Waals surface area contributed by atoms with Gasteiger partial charge < -0.3 is 10.1 Å². The minimum absolute atomic E-state index is 0.00449. The molecule has 0 aliphatic rings. The van der Waals surface area contributed by atoms with Gasteiger partial charge in [-0.1, -0.05) is 13.8 Å². The van der Waals surface area contributed by atoms with Crippen LogP contribution in [-0.2, 0) is 0 Å². The molecule has 0 spiro atoms. The number of halogens is 2. The zero-order valence-corrected chi connectivity index (χ0v) is 11.4. The van der Waals surface area contributed by atoms with E-state index in [9.17, 15) is 18.9 Å². The maximum Gasteiger partial charge on any atom is 0.270 e. The molecule has 1 rings (SSSR count). The predicted molar refractivity (Wildman–Crippen MR) is 71.3 cm³/mol. The molecule has 0 unspecified atom stereocenters. The Morgan fingerprint density at radius 2 is 2.10 bits per heavy atom. The molecule has 112 valence electrons. The van der Waals surface area contributed by atoms with E-state index >= 15 is 0 Å². The summed E-state index contributed by atoms with van der Waals surface area (Å²) in [4.78, 5) is 9.86. The third kappa shape index (κ3) is 5.08. The lowest BCUT2D eigenvalue weighted by Gasteiger charge is -2.12. The summed E-state index contributed by atoms with van der Waals surface area (Å²) in [6.45, 7) is 5.00. The molecule has 0 radical (unpaired) electrons. The topological polar surface area (TPSA) is 64.4 Å². The van der Waals surface area contributed by atoms with E-state index < -0.39 is 16.9 Å². The number of alkyl halides is 2. The second-order valence-corrected chi connectivity index (χ2v) is 4.59. The van der Waals surface area contributed by atoms with Crippen molar-refractivity contribution in [2.75, 3.05) is 13.2 Å². The van der Waals surface area contributed by atoms with E-state index in [0.717, 1.165) is 12.1 Å². The summed E-state index contributed by atoms with van der Waals surface area (Å²) >= 11 is 0. The number of hydrogen-bond donors (Lipinski definition) is 1. The van der Waals surface area contributed by atoms with Gasteiger partial charge in [0.15, 0.2) is 0 Å². The molecule has 20 heavy (non-hydrogen) atoms. The van der Waals surface area contributed by atoms with Gasteiger partial charge in [-0.3, -0.25) is 10.1 Å². The van der Waals surface area contributed by atoms with Crippen LogP contribution in [0.3, 0.4) is 0 Å². The average molecular weight is 288 g/mol. The highest BCUT2D eigenvalue weighted by molar-refractivity contribution is 5.44. The molecule has 1 aromatic rings. The summed E-state index contributed by atoms with van der Waals surface area (Å²) in [5.41, 5.74) is -0.815. The smallest absolute Gasteiger partial charge is 0.270 e. The lowest BCUT2D eigenvalue weighted by Crippen LogP contribution is -2.24. The second-order valence-electron chi connectivity index (χ2n) is 4.59. The van der Waals surface area contributed by atoms with E-state index in [1.54, 1.807) is 0 Å². The highest BCUT2D eigenvalue weighted by Crippen LogP contribution is 2.32. The summed E-state index contributed by atoms with van der Waals surface area (Å²) < 4.78 is 30.9. The molecule has 0 fully saturated rings. The zero-order chi connectivity index (χ0) is 15.1. The first kappa shape index (κ1) is 16.3. The van der Waals surface area contributed by atoms with Crippen molar-refractivity contribution in [3.63, 3.8) is 0 Å². The number of nitro benzene ring substituents is 1. The van der Waals surface area contributed by atoms with Crippen LogP contribution >= 0.6 is 0 Å². The van der Waals surface area contributed by atoms with Gasteiger partial charge in [0.2, 0.25) is 0 Å². The molecular weight excluding hydrogens is 270 g/mol. The molecule has 0 aliphatic carbocycles. The number of non-ortho nitro benzene ring substituents is 1. The van der Waals surface area contributed by atoms with E-state index in [2.05, 4.69) is 5.32 Å². The normalized spacial score (nSPS) is 11.1. The molecular formula is C13H18F2N2O3. The third-order valence-corrected chi connectivity index (χ3v) is 2.57. The van der Waals surface area contributed by atoms with Crippen molar-refractivity contribution in [3.05, 3.63) is 33.9 Å². The van der Waals surface area contributed by atoms with Crippen molar-refractivity contribution in [1.82, 2.24) is 5.32 Å². The van der Waals surface area contributed by atoms with E-state index in [0.29, 0.717) is 19.0 Å². The molecule has 0 heterocycles. The molecule has 7 heteroatoms. The number of nitro groups is 1. The average Bonchev–Trinajstić information content (AvgIpc) is 2.37. The summed E-state index contributed by atoms with van der Waals surface area (Å²) in [6.07, 6.45) is -2.14. The van der Waals surface area contributed by atoms with Gasteiger partial charge in [-0.05, 0) is 19.0 Å². The van der Waals surface area contributed by atoms with Gasteiger partial charge in [0.25, 0.3) is 12.1 Å². The lowest BCUT2D eigenvalue weighted by atomic mass is 10.2. The van der Waals surface area contributed by atoms with Gasteiger partial charge in [-0.25, -0.2) is 8.78 Å².